The second-order valence-corrected chi connectivity index (χ2v) is 12.6. The molecular weight excluding hydrogens is 417 g/mol. The molecule has 0 unspecified atom stereocenters. The molecule has 6 fully saturated rings. The van der Waals surface area contributed by atoms with Crippen LogP contribution in [0.5, 0.6) is 5.75 Å². The summed E-state index contributed by atoms with van der Waals surface area (Å²) in [6.45, 7) is 0.896. The van der Waals surface area contributed by atoms with Gasteiger partial charge in [-0.15, -0.1) is 0 Å². The lowest BCUT2D eigenvalue weighted by Crippen LogP contribution is -2.50. The van der Waals surface area contributed by atoms with E-state index >= 15 is 4.39 Å². The van der Waals surface area contributed by atoms with E-state index < -0.39 is 27.4 Å². The van der Waals surface area contributed by atoms with Crippen LogP contribution in [0.2, 0.25) is 0 Å². The number of carbonyl (C=O) groups excluding carboxylic acids is 1. The summed E-state index contributed by atoms with van der Waals surface area (Å²) in [5.74, 6) is 1.70. The minimum atomic E-state index is -3.66. The molecule has 6 aliphatic rings. The van der Waals surface area contributed by atoms with Crippen LogP contribution in [0.15, 0.2) is 12.1 Å². The van der Waals surface area contributed by atoms with Crippen LogP contribution >= 0.6 is 0 Å². The van der Waals surface area contributed by atoms with Crippen molar-refractivity contribution in [2.24, 2.45) is 23.7 Å². The van der Waals surface area contributed by atoms with Crippen molar-refractivity contribution in [1.82, 2.24) is 4.31 Å². The fraction of sp³-hybridized carbons (Fsp3) is 0.708. The number of sulfonamides is 1. The predicted octanol–water partition coefficient (Wildman–Crippen LogP) is 4.12. The van der Waals surface area contributed by atoms with Crippen molar-refractivity contribution in [3.05, 3.63) is 29.1 Å². The average molecular weight is 448 g/mol. The number of benzene rings is 1. The molecular formula is C24H30FNO4S. The molecule has 0 aromatic heterocycles. The SMILES string of the molecule is O=C(CS(=O)(=O)N1CCC1)c1cc(C2CC2)c(OC2C3CC4CC(C3)CC2C4)cc1F. The molecule has 5 saturated carbocycles. The zero-order valence-corrected chi connectivity index (χ0v) is 18.6. The standard InChI is InChI=1S/C24H30FNO4S/c25-21-12-23(30-24-17-7-14-6-15(9-17)10-18(24)8-14)19(16-2-3-16)11-20(21)22(27)13-31(28,29)26-4-1-5-26/h11-12,14-18,24H,1-10,13H2. The summed E-state index contributed by atoms with van der Waals surface area (Å²) in [4.78, 5) is 12.7. The van der Waals surface area contributed by atoms with Gasteiger partial charge in [-0.1, -0.05) is 0 Å². The average Bonchev–Trinajstić information content (AvgIpc) is 3.46. The highest BCUT2D eigenvalue weighted by Crippen LogP contribution is 2.55. The first-order valence-electron chi connectivity index (χ1n) is 11.9. The van der Waals surface area contributed by atoms with Gasteiger partial charge in [0.15, 0.2) is 5.78 Å². The summed E-state index contributed by atoms with van der Waals surface area (Å²) < 4.78 is 47.6. The number of rotatable bonds is 7. The summed E-state index contributed by atoms with van der Waals surface area (Å²) in [7, 11) is -3.66. The molecule has 5 nitrogen and oxygen atoms in total. The Hall–Kier alpha value is -1.47. The zero-order chi connectivity index (χ0) is 21.3. The van der Waals surface area contributed by atoms with Gasteiger partial charge >= 0.3 is 0 Å². The molecule has 1 saturated heterocycles. The van der Waals surface area contributed by atoms with E-state index in [0.29, 0.717) is 30.7 Å². The monoisotopic (exact) mass is 447 g/mol. The first-order chi connectivity index (χ1) is 14.9. The second-order valence-electron chi connectivity index (χ2n) is 10.6. The first-order valence-corrected chi connectivity index (χ1v) is 13.5. The summed E-state index contributed by atoms with van der Waals surface area (Å²) in [5, 5.41) is 0. The van der Waals surface area contributed by atoms with Crippen molar-refractivity contribution < 1.29 is 22.3 Å². The highest BCUT2D eigenvalue weighted by Gasteiger charge is 2.49. The summed E-state index contributed by atoms with van der Waals surface area (Å²) in [5.41, 5.74) is 0.781. The maximum absolute atomic E-state index is 15.0. The molecule has 31 heavy (non-hydrogen) atoms. The molecule has 0 amide bonds. The fourth-order valence-electron chi connectivity index (χ4n) is 6.72. The lowest BCUT2D eigenvalue weighted by molar-refractivity contribution is -0.0793. The van der Waals surface area contributed by atoms with Gasteiger partial charge in [-0.25, -0.2) is 17.1 Å². The summed E-state index contributed by atoms with van der Waals surface area (Å²) >= 11 is 0. The third kappa shape index (κ3) is 3.62. The van der Waals surface area contributed by atoms with Crippen LogP contribution in [-0.4, -0.2) is 43.5 Å². The molecule has 7 rings (SSSR count). The van der Waals surface area contributed by atoms with E-state index in [4.69, 9.17) is 4.74 Å². The Labute approximate surface area is 183 Å². The number of hydrogen-bond donors (Lipinski definition) is 0. The number of halogens is 1. The van der Waals surface area contributed by atoms with Gasteiger partial charge in [0.1, 0.15) is 23.4 Å². The van der Waals surface area contributed by atoms with Gasteiger partial charge < -0.3 is 4.74 Å². The van der Waals surface area contributed by atoms with Crippen molar-refractivity contribution in [2.75, 3.05) is 18.8 Å². The van der Waals surface area contributed by atoms with Crippen LogP contribution in [-0.2, 0) is 10.0 Å². The van der Waals surface area contributed by atoms with E-state index in [-0.39, 0.29) is 17.6 Å². The second kappa shape index (κ2) is 7.27. The van der Waals surface area contributed by atoms with Gasteiger partial charge in [0.2, 0.25) is 10.0 Å². The van der Waals surface area contributed by atoms with Crippen LogP contribution in [0.25, 0.3) is 0 Å². The lowest BCUT2D eigenvalue weighted by Gasteiger charge is -2.53. The Bertz CT molecular complexity index is 987. The van der Waals surface area contributed by atoms with E-state index in [1.807, 2.05) is 0 Å². The van der Waals surface area contributed by atoms with E-state index in [1.165, 1.54) is 42.5 Å². The predicted molar refractivity (Wildman–Crippen MR) is 114 cm³/mol. The Morgan fingerprint density at radius 1 is 1.03 bits per heavy atom. The smallest absolute Gasteiger partial charge is 0.221 e. The molecule has 0 atom stereocenters. The molecule has 5 aliphatic carbocycles. The Balaban J connectivity index is 1.26. The van der Waals surface area contributed by atoms with Crippen molar-refractivity contribution in [3.63, 3.8) is 0 Å². The minimum absolute atomic E-state index is 0.108. The Kier molecular flexibility index (Phi) is 4.73. The van der Waals surface area contributed by atoms with Crippen molar-refractivity contribution in [2.45, 2.75) is 63.4 Å². The molecule has 7 heteroatoms. The largest absolute Gasteiger partial charge is 0.489 e. The van der Waals surface area contributed by atoms with Gasteiger partial charge in [-0.05, 0) is 92.6 Å². The van der Waals surface area contributed by atoms with Gasteiger partial charge in [0, 0.05) is 19.2 Å². The molecule has 0 spiro atoms. The highest BCUT2D eigenvalue weighted by molar-refractivity contribution is 7.89. The number of hydrogen-bond acceptors (Lipinski definition) is 4. The van der Waals surface area contributed by atoms with Crippen LogP contribution in [0.3, 0.4) is 0 Å². The number of ketones is 1. The van der Waals surface area contributed by atoms with Gasteiger partial charge in [-0.2, -0.15) is 0 Å². The van der Waals surface area contributed by atoms with Crippen molar-refractivity contribution >= 4 is 15.8 Å². The topological polar surface area (TPSA) is 63.7 Å². The zero-order valence-electron chi connectivity index (χ0n) is 17.8. The van der Waals surface area contributed by atoms with Crippen LogP contribution in [0, 0.1) is 29.5 Å². The fourth-order valence-corrected chi connectivity index (χ4v) is 8.20. The number of Topliss-reactive ketones (excluding diaryl/α,β-unsaturated/α-hetero) is 1. The molecule has 1 aromatic rings. The minimum Gasteiger partial charge on any atom is -0.489 e. The summed E-state index contributed by atoms with van der Waals surface area (Å²) in [6, 6.07) is 2.95. The Morgan fingerprint density at radius 3 is 2.23 bits per heavy atom. The molecule has 1 aromatic carbocycles. The van der Waals surface area contributed by atoms with Gasteiger partial charge in [0.25, 0.3) is 0 Å². The maximum Gasteiger partial charge on any atom is 0.221 e. The molecule has 1 aliphatic heterocycles. The molecule has 168 valence electrons. The first kappa shape index (κ1) is 20.2. The molecule has 0 N–H and O–H groups in total. The molecule has 1 heterocycles. The third-order valence-electron chi connectivity index (χ3n) is 8.34. The van der Waals surface area contributed by atoms with E-state index in [1.54, 1.807) is 6.07 Å². The van der Waals surface area contributed by atoms with E-state index in [2.05, 4.69) is 0 Å². The van der Waals surface area contributed by atoms with E-state index in [9.17, 15) is 13.2 Å². The Morgan fingerprint density at radius 2 is 1.68 bits per heavy atom. The van der Waals surface area contributed by atoms with Gasteiger partial charge in [0.05, 0.1) is 5.56 Å². The number of nitrogens with zero attached hydrogens (tertiary/aromatic N) is 1. The lowest BCUT2D eigenvalue weighted by atomic mass is 9.55. The summed E-state index contributed by atoms with van der Waals surface area (Å²) in [6.07, 6.45) is 9.25. The maximum atomic E-state index is 15.0. The normalized spacial score (nSPS) is 34.5. The van der Waals surface area contributed by atoms with E-state index in [0.717, 1.165) is 36.7 Å². The van der Waals surface area contributed by atoms with Crippen LogP contribution in [0.1, 0.15) is 73.2 Å². The van der Waals surface area contributed by atoms with Crippen LogP contribution in [0.4, 0.5) is 4.39 Å². The number of ether oxygens (including phenoxy) is 1. The molecule has 0 radical (unpaired) electrons. The van der Waals surface area contributed by atoms with Crippen molar-refractivity contribution in [3.8, 4) is 5.75 Å². The molecule has 4 bridgehead atoms. The van der Waals surface area contributed by atoms with Crippen LogP contribution < -0.4 is 4.74 Å². The number of carbonyl (C=O) groups is 1. The quantitative estimate of drug-likeness (QED) is 0.590. The van der Waals surface area contributed by atoms with Gasteiger partial charge in [-0.3, -0.25) is 4.79 Å². The highest BCUT2D eigenvalue weighted by atomic mass is 32.2. The third-order valence-corrected chi connectivity index (χ3v) is 10.1. The van der Waals surface area contributed by atoms with Crippen molar-refractivity contribution in [1.29, 1.82) is 0 Å².